The van der Waals surface area contributed by atoms with Crippen molar-refractivity contribution in [2.45, 2.75) is 32.7 Å². The predicted molar refractivity (Wildman–Crippen MR) is 83.1 cm³/mol. The Kier molecular flexibility index (Phi) is 5.12. The molecule has 0 spiro atoms. The lowest BCUT2D eigenvalue weighted by Gasteiger charge is -2.14. The molecule has 5 nitrogen and oxygen atoms in total. The summed E-state index contributed by atoms with van der Waals surface area (Å²) in [5.41, 5.74) is 6.30. The summed E-state index contributed by atoms with van der Waals surface area (Å²) in [6.07, 6.45) is 3.41. The molecule has 1 aromatic carbocycles. The van der Waals surface area contributed by atoms with Crippen molar-refractivity contribution in [3.8, 4) is 0 Å². The number of hydrogen-bond donors (Lipinski definition) is 2. The Balaban J connectivity index is 2.35. The Morgan fingerprint density at radius 1 is 1.30 bits per heavy atom. The van der Waals surface area contributed by atoms with Gasteiger partial charge >= 0.3 is 0 Å². The third-order valence-corrected chi connectivity index (χ3v) is 3.28. The van der Waals surface area contributed by atoms with Crippen molar-refractivity contribution in [1.29, 1.82) is 0 Å². The van der Waals surface area contributed by atoms with E-state index in [2.05, 4.69) is 17.2 Å². The smallest absolute Gasteiger partial charge is 0.262 e. The molecule has 3 N–H and O–H groups in total. The Labute approximate surface area is 118 Å². The van der Waals surface area contributed by atoms with E-state index in [1.165, 1.54) is 12.8 Å². The van der Waals surface area contributed by atoms with Crippen LogP contribution in [0.4, 0.5) is 5.95 Å². The molecule has 0 aliphatic carbocycles. The number of unbranched alkanes of at least 4 members (excludes halogenated alkanes) is 2. The fourth-order valence-electron chi connectivity index (χ4n) is 2.21. The SMILES string of the molecule is CCCCCNc1nc2ccccc2c(=O)n1CCN. The lowest BCUT2D eigenvalue weighted by molar-refractivity contribution is 0.670. The van der Waals surface area contributed by atoms with Gasteiger partial charge in [0.15, 0.2) is 0 Å². The van der Waals surface area contributed by atoms with Gasteiger partial charge in [-0.25, -0.2) is 4.98 Å². The molecule has 5 heteroatoms. The maximum absolute atomic E-state index is 12.5. The summed E-state index contributed by atoms with van der Waals surface area (Å²) in [4.78, 5) is 17.0. The van der Waals surface area contributed by atoms with Crippen LogP contribution in [-0.2, 0) is 6.54 Å². The minimum absolute atomic E-state index is 0.0287. The molecule has 20 heavy (non-hydrogen) atoms. The molecule has 0 atom stereocenters. The molecular weight excluding hydrogens is 252 g/mol. The molecule has 0 aliphatic heterocycles. The van der Waals surface area contributed by atoms with Gasteiger partial charge < -0.3 is 11.1 Å². The highest BCUT2D eigenvalue weighted by molar-refractivity contribution is 5.78. The van der Waals surface area contributed by atoms with E-state index in [-0.39, 0.29) is 5.56 Å². The molecule has 2 aromatic rings. The van der Waals surface area contributed by atoms with E-state index in [1.807, 2.05) is 18.2 Å². The second-order valence-corrected chi connectivity index (χ2v) is 4.83. The molecule has 0 bridgehead atoms. The summed E-state index contributed by atoms with van der Waals surface area (Å²) in [7, 11) is 0. The number of benzene rings is 1. The highest BCUT2D eigenvalue weighted by Gasteiger charge is 2.09. The summed E-state index contributed by atoms with van der Waals surface area (Å²) >= 11 is 0. The van der Waals surface area contributed by atoms with Gasteiger partial charge in [-0.3, -0.25) is 9.36 Å². The molecule has 0 aliphatic rings. The molecule has 0 saturated heterocycles. The monoisotopic (exact) mass is 274 g/mol. The maximum atomic E-state index is 12.5. The normalized spacial score (nSPS) is 10.9. The number of hydrogen-bond acceptors (Lipinski definition) is 4. The quantitative estimate of drug-likeness (QED) is 0.757. The third kappa shape index (κ3) is 3.17. The topological polar surface area (TPSA) is 72.9 Å². The van der Waals surface area contributed by atoms with E-state index in [9.17, 15) is 4.79 Å². The van der Waals surface area contributed by atoms with Gasteiger partial charge in [-0.1, -0.05) is 31.9 Å². The second-order valence-electron chi connectivity index (χ2n) is 4.83. The van der Waals surface area contributed by atoms with Crippen molar-refractivity contribution in [2.24, 2.45) is 5.73 Å². The molecule has 0 unspecified atom stereocenters. The lowest BCUT2D eigenvalue weighted by Crippen LogP contribution is -2.28. The van der Waals surface area contributed by atoms with Gasteiger partial charge in [0.05, 0.1) is 10.9 Å². The number of nitrogens with one attached hydrogen (secondary N) is 1. The number of para-hydroxylation sites is 1. The van der Waals surface area contributed by atoms with Crippen molar-refractivity contribution in [2.75, 3.05) is 18.4 Å². The van der Waals surface area contributed by atoms with Crippen molar-refractivity contribution >= 4 is 16.9 Å². The summed E-state index contributed by atoms with van der Waals surface area (Å²) in [6.45, 7) is 3.89. The summed E-state index contributed by atoms with van der Waals surface area (Å²) < 4.78 is 1.63. The zero-order valence-corrected chi connectivity index (χ0v) is 11.9. The molecule has 1 heterocycles. The highest BCUT2D eigenvalue weighted by Crippen LogP contribution is 2.11. The maximum Gasteiger partial charge on any atom is 0.262 e. The third-order valence-electron chi connectivity index (χ3n) is 3.28. The Morgan fingerprint density at radius 3 is 2.85 bits per heavy atom. The Morgan fingerprint density at radius 2 is 2.10 bits per heavy atom. The van der Waals surface area contributed by atoms with Gasteiger partial charge in [0.2, 0.25) is 5.95 Å². The van der Waals surface area contributed by atoms with Crippen molar-refractivity contribution < 1.29 is 0 Å². The fraction of sp³-hybridized carbons (Fsp3) is 0.467. The van der Waals surface area contributed by atoms with E-state index >= 15 is 0 Å². The molecule has 0 fully saturated rings. The molecule has 0 radical (unpaired) electrons. The van der Waals surface area contributed by atoms with Crippen LogP contribution in [0.2, 0.25) is 0 Å². The lowest BCUT2D eigenvalue weighted by atomic mass is 10.2. The zero-order valence-electron chi connectivity index (χ0n) is 11.9. The van der Waals surface area contributed by atoms with Gasteiger partial charge in [-0.15, -0.1) is 0 Å². The number of rotatable bonds is 7. The first-order valence-corrected chi connectivity index (χ1v) is 7.21. The van der Waals surface area contributed by atoms with Crippen LogP contribution in [0.25, 0.3) is 10.9 Å². The van der Waals surface area contributed by atoms with Crippen LogP contribution in [0.1, 0.15) is 26.2 Å². The van der Waals surface area contributed by atoms with E-state index in [4.69, 9.17) is 5.73 Å². The minimum atomic E-state index is -0.0287. The average Bonchev–Trinajstić information content (AvgIpc) is 2.47. The van der Waals surface area contributed by atoms with Gasteiger partial charge in [-0.05, 0) is 18.6 Å². The highest BCUT2D eigenvalue weighted by atomic mass is 16.1. The van der Waals surface area contributed by atoms with E-state index in [0.29, 0.717) is 24.4 Å². The second kappa shape index (κ2) is 7.05. The van der Waals surface area contributed by atoms with Crippen molar-refractivity contribution in [1.82, 2.24) is 9.55 Å². The van der Waals surface area contributed by atoms with Gasteiger partial charge in [-0.2, -0.15) is 0 Å². The minimum Gasteiger partial charge on any atom is -0.356 e. The zero-order chi connectivity index (χ0) is 14.4. The summed E-state index contributed by atoms with van der Waals surface area (Å²) in [6, 6.07) is 7.41. The average molecular weight is 274 g/mol. The molecular formula is C15H22N4O. The predicted octanol–water partition coefficient (Wildman–Crippen LogP) is 1.96. The van der Waals surface area contributed by atoms with Crippen LogP contribution < -0.4 is 16.6 Å². The standard InChI is InChI=1S/C15H22N4O/c1-2-3-6-10-17-15-18-13-8-5-4-7-12(13)14(20)19(15)11-9-16/h4-5,7-8H,2-3,6,9-11,16H2,1H3,(H,17,18). The van der Waals surface area contributed by atoms with Crippen LogP contribution in [0, 0.1) is 0 Å². The summed E-state index contributed by atoms with van der Waals surface area (Å²) in [5, 5.41) is 3.90. The first-order chi connectivity index (χ1) is 9.77. The van der Waals surface area contributed by atoms with Gasteiger partial charge in [0, 0.05) is 19.6 Å². The number of nitrogens with zero attached hydrogens (tertiary/aromatic N) is 2. The largest absolute Gasteiger partial charge is 0.356 e. The van der Waals surface area contributed by atoms with E-state index in [0.717, 1.165) is 18.5 Å². The van der Waals surface area contributed by atoms with Crippen molar-refractivity contribution in [3.05, 3.63) is 34.6 Å². The van der Waals surface area contributed by atoms with Crippen LogP contribution >= 0.6 is 0 Å². The number of anilines is 1. The molecule has 108 valence electrons. The Bertz CT molecular complexity index is 621. The molecule has 2 rings (SSSR count). The molecule has 0 amide bonds. The molecule has 1 aromatic heterocycles. The first-order valence-electron chi connectivity index (χ1n) is 7.21. The van der Waals surface area contributed by atoms with Gasteiger partial charge in [0.1, 0.15) is 0 Å². The molecule has 0 saturated carbocycles. The van der Waals surface area contributed by atoms with Gasteiger partial charge in [0.25, 0.3) is 5.56 Å². The Hall–Kier alpha value is -1.88. The fourth-order valence-corrected chi connectivity index (χ4v) is 2.21. The van der Waals surface area contributed by atoms with E-state index in [1.54, 1.807) is 10.6 Å². The number of fused-ring (bicyclic) bond motifs is 1. The van der Waals surface area contributed by atoms with Crippen LogP contribution in [0.15, 0.2) is 29.1 Å². The van der Waals surface area contributed by atoms with Crippen LogP contribution in [-0.4, -0.2) is 22.6 Å². The number of nitrogens with two attached hydrogens (primary N) is 1. The van der Waals surface area contributed by atoms with E-state index < -0.39 is 0 Å². The van der Waals surface area contributed by atoms with Crippen LogP contribution in [0.5, 0.6) is 0 Å². The first kappa shape index (κ1) is 14.5. The number of aromatic nitrogens is 2. The van der Waals surface area contributed by atoms with Crippen molar-refractivity contribution in [3.63, 3.8) is 0 Å². The summed E-state index contributed by atoms with van der Waals surface area (Å²) in [5.74, 6) is 0.621. The van der Waals surface area contributed by atoms with Crippen LogP contribution in [0.3, 0.4) is 0 Å².